The van der Waals surface area contributed by atoms with Crippen LogP contribution in [0.1, 0.15) is 5.56 Å². The van der Waals surface area contributed by atoms with E-state index in [1.165, 1.54) is 24.3 Å². The third-order valence-corrected chi connectivity index (χ3v) is 3.36. The molecule has 1 amide bonds. The van der Waals surface area contributed by atoms with Gasteiger partial charge in [0.25, 0.3) is 5.91 Å². The van der Waals surface area contributed by atoms with Gasteiger partial charge < -0.3 is 10.1 Å². The molecule has 0 aliphatic carbocycles. The van der Waals surface area contributed by atoms with Crippen LogP contribution in [-0.4, -0.2) is 12.5 Å². The zero-order valence-corrected chi connectivity index (χ0v) is 13.4. The molecule has 2 aromatic carbocycles. The number of rotatable bonds is 4. The topological polar surface area (TPSA) is 62.1 Å². The quantitative estimate of drug-likeness (QED) is 0.863. The summed E-state index contributed by atoms with van der Waals surface area (Å²) >= 11 is 8.95. The van der Waals surface area contributed by atoms with E-state index in [0.717, 1.165) is 0 Å². The third kappa shape index (κ3) is 4.20. The second-order valence-corrected chi connectivity index (χ2v) is 5.57. The van der Waals surface area contributed by atoms with Gasteiger partial charge in [-0.25, -0.2) is 4.39 Å². The van der Waals surface area contributed by atoms with E-state index in [-0.39, 0.29) is 17.0 Å². The summed E-state index contributed by atoms with van der Waals surface area (Å²) in [6.45, 7) is -0.393. The third-order valence-electron chi connectivity index (χ3n) is 2.63. The van der Waals surface area contributed by atoms with E-state index in [1.807, 2.05) is 6.07 Å². The van der Waals surface area contributed by atoms with Gasteiger partial charge in [0, 0.05) is 9.50 Å². The molecule has 22 heavy (non-hydrogen) atoms. The lowest BCUT2D eigenvalue weighted by molar-refractivity contribution is -0.118. The fourth-order valence-electron chi connectivity index (χ4n) is 1.64. The number of hydrogen-bond acceptors (Lipinski definition) is 3. The van der Waals surface area contributed by atoms with Gasteiger partial charge in [0.05, 0.1) is 11.3 Å². The molecule has 0 saturated carbocycles. The Labute approximate surface area is 139 Å². The Hall–Kier alpha value is -2.10. The Morgan fingerprint density at radius 2 is 2.14 bits per heavy atom. The van der Waals surface area contributed by atoms with Crippen LogP contribution in [0.5, 0.6) is 5.75 Å². The maximum atomic E-state index is 13.6. The monoisotopic (exact) mass is 382 g/mol. The molecular weight excluding hydrogens is 375 g/mol. The minimum atomic E-state index is -0.581. The molecule has 0 aliphatic heterocycles. The fourth-order valence-corrected chi connectivity index (χ4v) is 2.14. The van der Waals surface area contributed by atoms with Gasteiger partial charge in [0.15, 0.2) is 18.2 Å². The summed E-state index contributed by atoms with van der Waals surface area (Å²) in [7, 11) is 0. The van der Waals surface area contributed by atoms with E-state index >= 15 is 0 Å². The molecule has 2 aromatic rings. The van der Waals surface area contributed by atoms with Gasteiger partial charge in [-0.1, -0.05) is 27.5 Å². The van der Waals surface area contributed by atoms with Gasteiger partial charge in [-0.3, -0.25) is 4.79 Å². The number of nitrogens with zero attached hydrogens (tertiary/aromatic N) is 1. The number of carbonyl (C=O) groups is 1. The highest BCUT2D eigenvalue weighted by Gasteiger charge is 2.10. The lowest BCUT2D eigenvalue weighted by Gasteiger charge is -2.09. The Balaban J connectivity index is 2.02. The minimum absolute atomic E-state index is 0.0371. The second-order valence-electron chi connectivity index (χ2n) is 4.21. The highest BCUT2D eigenvalue weighted by Crippen LogP contribution is 2.22. The van der Waals surface area contributed by atoms with Crippen molar-refractivity contribution in [3.8, 4) is 11.8 Å². The van der Waals surface area contributed by atoms with E-state index in [1.54, 1.807) is 12.1 Å². The summed E-state index contributed by atoms with van der Waals surface area (Å²) in [4.78, 5) is 11.8. The molecule has 4 nitrogen and oxygen atoms in total. The van der Waals surface area contributed by atoms with Crippen molar-refractivity contribution in [2.24, 2.45) is 0 Å². The SMILES string of the molecule is N#Cc1ccc(Cl)cc1NC(=O)COc1ccc(Br)cc1F. The smallest absolute Gasteiger partial charge is 0.262 e. The van der Waals surface area contributed by atoms with Crippen LogP contribution in [0.4, 0.5) is 10.1 Å². The maximum absolute atomic E-state index is 13.6. The summed E-state index contributed by atoms with van der Waals surface area (Å²) in [5, 5.41) is 11.8. The number of carbonyl (C=O) groups excluding carboxylic acids is 1. The van der Waals surface area contributed by atoms with E-state index in [4.69, 9.17) is 21.6 Å². The average molecular weight is 384 g/mol. The molecule has 0 heterocycles. The van der Waals surface area contributed by atoms with Crippen molar-refractivity contribution in [3.05, 3.63) is 57.3 Å². The lowest BCUT2D eigenvalue weighted by Crippen LogP contribution is -2.21. The Bertz CT molecular complexity index is 762. The van der Waals surface area contributed by atoms with Crippen molar-refractivity contribution in [3.63, 3.8) is 0 Å². The summed E-state index contributed by atoms with van der Waals surface area (Å²) < 4.78 is 19.2. The molecular formula is C15H9BrClFN2O2. The van der Waals surface area contributed by atoms with Crippen molar-refractivity contribution in [2.45, 2.75) is 0 Å². The van der Waals surface area contributed by atoms with Crippen LogP contribution in [0.2, 0.25) is 5.02 Å². The molecule has 112 valence electrons. The van der Waals surface area contributed by atoms with Crippen molar-refractivity contribution >= 4 is 39.1 Å². The van der Waals surface area contributed by atoms with Crippen LogP contribution in [0.15, 0.2) is 40.9 Å². The first-order chi connectivity index (χ1) is 10.5. The molecule has 0 radical (unpaired) electrons. The summed E-state index contributed by atoms with van der Waals surface area (Å²) in [6.07, 6.45) is 0. The first-order valence-corrected chi connectivity index (χ1v) is 7.24. The molecule has 2 rings (SSSR count). The first-order valence-electron chi connectivity index (χ1n) is 6.07. The van der Waals surface area contributed by atoms with Gasteiger partial charge in [-0.05, 0) is 36.4 Å². The van der Waals surface area contributed by atoms with Crippen LogP contribution in [0, 0.1) is 17.1 Å². The normalized spacial score (nSPS) is 9.91. The zero-order chi connectivity index (χ0) is 16.1. The van der Waals surface area contributed by atoms with Gasteiger partial charge in [-0.2, -0.15) is 5.26 Å². The Kier molecular flexibility index (Phi) is 5.36. The molecule has 0 atom stereocenters. The van der Waals surface area contributed by atoms with Crippen LogP contribution in [-0.2, 0) is 4.79 Å². The van der Waals surface area contributed by atoms with E-state index in [9.17, 15) is 9.18 Å². The number of amides is 1. The largest absolute Gasteiger partial charge is 0.481 e. The average Bonchev–Trinajstić information content (AvgIpc) is 2.46. The molecule has 1 N–H and O–H groups in total. The molecule has 0 bridgehead atoms. The van der Waals surface area contributed by atoms with Crippen LogP contribution in [0.25, 0.3) is 0 Å². The molecule has 0 spiro atoms. The number of nitrogens with one attached hydrogen (secondary N) is 1. The fraction of sp³-hybridized carbons (Fsp3) is 0.0667. The van der Waals surface area contributed by atoms with Crippen molar-refractivity contribution < 1.29 is 13.9 Å². The van der Waals surface area contributed by atoms with E-state index in [2.05, 4.69) is 21.2 Å². The Morgan fingerprint density at radius 3 is 2.82 bits per heavy atom. The van der Waals surface area contributed by atoms with Gasteiger partial charge >= 0.3 is 0 Å². The predicted octanol–water partition coefficient (Wildman–Crippen LogP) is 4.13. The number of benzene rings is 2. The maximum Gasteiger partial charge on any atom is 0.262 e. The van der Waals surface area contributed by atoms with Crippen LogP contribution in [0.3, 0.4) is 0 Å². The van der Waals surface area contributed by atoms with Crippen LogP contribution < -0.4 is 10.1 Å². The number of nitriles is 1. The minimum Gasteiger partial charge on any atom is -0.481 e. The second kappa shape index (κ2) is 7.25. The van der Waals surface area contributed by atoms with Crippen molar-refractivity contribution in [1.82, 2.24) is 0 Å². The molecule has 0 unspecified atom stereocenters. The molecule has 0 aliphatic rings. The molecule has 0 saturated heterocycles. The molecule has 0 aromatic heterocycles. The highest BCUT2D eigenvalue weighted by molar-refractivity contribution is 9.10. The van der Waals surface area contributed by atoms with E-state index in [0.29, 0.717) is 9.50 Å². The number of anilines is 1. The standard InChI is InChI=1S/C15H9BrClFN2O2/c16-10-2-4-14(12(18)5-10)22-8-15(21)20-13-6-11(17)3-1-9(13)7-19/h1-6H,8H2,(H,20,21). The van der Waals surface area contributed by atoms with Gasteiger partial charge in [-0.15, -0.1) is 0 Å². The molecule has 0 fully saturated rings. The first kappa shape index (κ1) is 16.3. The summed E-state index contributed by atoms with van der Waals surface area (Å²) in [5.74, 6) is -1.14. The highest BCUT2D eigenvalue weighted by atomic mass is 79.9. The number of halogens is 3. The van der Waals surface area contributed by atoms with Gasteiger partial charge in [0.1, 0.15) is 6.07 Å². The van der Waals surface area contributed by atoms with Crippen molar-refractivity contribution in [1.29, 1.82) is 5.26 Å². The number of ether oxygens (including phenoxy) is 1. The summed E-state index contributed by atoms with van der Waals surface area (Å²) in [5.41, 5.74) is 0.549. The zero-order valence-electron chi connectivity index (χ0n) is 11.1. The van der Waals surface area contributed by atoms with E-state index < -0.39 is 18.3 Å². The van der Waals surface area contributed by atoms with Gasteiger partial charge in [0.2, 0.25) is 0 Å². The number of hydrogen-bond donors (Lipinski definition) is 1. The van der Waals surface area contributed by atoms with Crippen molar-refractivity contribution in [2.75, 3.05) is 11.9 Å². The summed E-state index contributed by atoms with van der Waals surface area (Å²) in [6, 6.07) is 10.7. The predicted molar refractivity (Wildman–Crippen MR) is 84.4 cm³/mol. The molecule has 7 heteroatoms. The Morgan fingerprint density at radius 1 is 1.36 bits per heavy atom. The lowest BCUT2D eigenvalue weighted by atomic mass is 10.2. The van der Waals surface area contributed by atoms with Crippen LogP contribution >= 0.6 is 27.5 Å².